The number of benzene rings is 2. The van der Waals surface area contributed by atoms with Gasteiger partial charge in [-0.3, -0.25) is 4.79 Å². The van der Waals surface area contributed by atoms with Crippen molar-refractivity contribution in [1.82, 2.24) is 4.31 Å². The van der Waals surface area contributed by atoms with Crippen molar-refractivity contribution in [3.8, 4) is 0 Å². The van der Waals surface area contributed by atoms with Crippen LogP contribution in [-0.4, -0.2) is 45.3 Å². The summed E-state index contributed by atoms with van der Waals surface area (Å²) < 4.78 is 31.2. The molecule has 3 rings (SSSR count). The molecule has 0 unspecified atom stereocenters. The number of sulfonamides is 1. The molecule has 158 valence electrons. The van der Waals surface area contributed by atoms with Gasteiger partial charge in [0, 0.05) is 34.9 Å². The summed E-state index contributed by atoms with van der Waals surface area (Å²) in [6, 6.07) is 10.8. The lowest BCUT2D eigenvalue weighted by molar-refractivity contribution is -0.119. The largest absolute Gasteiger partial charge is 0.451 e. The van der Waals surface area contributed by atoms with Crippen molar-refractivity contribution in [2.75, 3.05) is 26.0 Å². The molecule has 0 radical (unpaired) electrons. The summed E-state index contributed by atoms with van der Waals surface area (Å²) in [7, 11) is -0.824. The predicted octanol–water partition coefficient (Wildman–Crippen LogP) is 4.25. The van der Waals surface area contributed by atoms with Gasteiger partial charge in [0.05, 0.1) is 9.92 Å². The van der Waals surface area contributed by atoms with Crippen LogP contribution in [0.2, 0.25) is 10.0 Å². The Bertz CT molecular complexity index is 1240. The molecule has 0 aliphatic heterocycles. The van der Waals surface area contributed by atoms with Crippen LogP contribution in [-0.2, 0) is 19.6 Å². The van der Waals surface area contributed by atoms with Crippen molar-refractivity contribution in [3.63, 3.8) is 0 Å². The first-order chi connectivity index (χ1) is 14.1. The molecule has 0 aliphatic rings. The highest BCUT2D eigenvalue weighted by Gasteiger charge is 2.20. The lowest BCUT2D eigenvalue weighted by atomic mass is 10.2. The number of rotatable bonds is 6. The molecule has 0 spiro atoms. The number of anilines is 1. The lowest BCUT2D eigenvalue weighted by Crippen LogP contribution is -2.23. The number of carbonyl (C=O) groups excluding carboxylic acids is 2. The minimum Gasteiger partial charge on any atom is -0.451 e. The van der Waals surface area contributed by atoms with E-state index in [9.17, 15) is 18.0 Å². The van der Waals surface area contributed by atoms with E-state index in [1.165, 1.54) is 38.4 Å². The zero-order valence-electron chi connectivity index (χ0n) is 15.8. The van der Waals surface area contributed by atoms with Crippen molar-refractivity contribution in [1.29, 1.82) is 0 Å². The van der Waals surface area contributed by atoms with Gasteiger partial charge in [-0.1, -0.05) is 35.3 Å². The van der Waals surface area contributed by atoms with Crippen LogP contribution in [0.25, 0.3) is 10.1 Å². The Balaban J connectivity index is 1.67. The fraction of sp³-hybridized carbons (Fsp3) is 0.158. The number of carbonyl (C=O) groups is 2. The molecule has 1 heterocycles. The van der Waals surface area contributed by atoms with Crippen LogP contribution in [0.15, 0.2) is 47.4 Å². The van der Waals surface area contributed by atoms with Crippen molar-refractivity contribution in [2.45, 2.75) is 4.90 Å². The van der Waals surface area contributed by atoms with Gasteiger partial charge in [0.1, 0.15) is 4.88 Å². The number of thiophene rings is 1. The number of nitrogens with one attached hydrogen (secondary N) is 1. The van der Waals surface area contributed by atoms with Crippen molar-refractivity contribution in [2.24, 2.45) is 0 Å². The van der Waals surface area contributed by atoms with Gasteiger partial charge >= 0.3 is 5.97 Å². The van der Waals surface area contributed by atoms with E-state index in [-0.39, 0.29) is 20.5 Å². The number of amides is 1. The van der Waals surface area contributed by atoms with Gasteiger partial charge in [0.25, 0.3) is 5.91 Å². The van der Waals surface area contributed by atoms with Gasteiger partial charge in [-0.05, 0) is 30.3 Å². The molecule has 3 aromatic rings. The smallest absolute Gasteiger partial charge is 0.350 e. The van der Waals surface area contributed by atoms with Gasteiger partial charge in [-0.15, -0.1) is 11.3 Å². The van der Waals surface area contributed by atoms with E-state index in [0.717, 1.165) is 20.3 Å². The maximum absolute atomic E-state index is 12.3. The molecule has 1 aromatic heterocycles. The van der Waals surface area contributed by atoms with Crippen LogP contribution < -0.4 is 5.32 Å². The molecule has 2 aromatic carbocycles. The number of halogens is 2. The fourth-order valence-electron chi connectivity index (χ4n) is 2.51. The van der Waals surface area contributed by atoms with Crippen molar-refractivity contribution in [3.05, 3.63) is 57.4 Å². The van der Waals surface area contributed by atoms with Gasteiger partial charge in [-0.25, -0.2) is 17.5 Å². The molecule has 0 atom stereocenters. The Kier molecular flexibility index (Phi) is 6.68. The topological polar surface area (TPSA) is 92.8 Å². The molecular weight excluding hydrogens is 471 g/mol. The Morgan fingerprint density at radius 1 is 1.13 bits per heavy atom. The maximum Gasteiger partial charge on any atom is 0.350 e. The summed E-state index contributed by atoms with van der Waals surface area (Å²) >= 11 is 13.3. The number of hydrogen-bond acceptors (Lipinski definition) is 6. The highest BCUT2D eigenvalue weighted by molar-refractivity contribution is 7.89. The van der Waals surface area contributed by atoms with Gasteiger partial charge in [0.15, 0.2) is 6.61 Å². The second-order valence-electron chi connectivity index (χ2n) is 6.33. The van der Waals surface area contributed by atoms with Crippen LogP contribution >= 0.6 is 34.5 Å². The van der Waals surface area contributed by atoms with Crippen LogP contribution in [0, 0.1) is 0 Å². The summed E-state index contributed by atoms with van der Waals surface area (Å²) in [5.74, 6) is -1.36. The number of ether oxygens (including phenoxy) is 1. The van der Waals surface area contributed by atoms with Crippen molar-refractivity contribution >= 4 is 72.2 Å². The van der Waals surface area contributed by atoms with E-state index in [1.807, 2.05) is 0 Å². The number of esters is 1. The zero-order valence-corrected chi connectivity index (χ0v) is 19.0. The summed E-state index contributed by atoms with van der Waals surface area (Å²) in [6.45, 7) is -0.561. The number of fused-ring (bicyclic) bond motifs is 1. The molecule has 0 saturated heterocycles. The molecule has 11 heteroatoms. The predicted molar refractivity (Wildman–Crippen MR) is 118 cm³/mol. The average Bonchev–Trinajstić information content (AvgIpc) is 3.02. The first-order valence-electron chi connectivity index (χ1n) is 8.46. The van der Waals surface area contributed by atoms with Crippen LogP contribution in [0.3, 0.4) is 0 Å². The highest BCUT2D eigenvalue weighted by Crippen LogP contribution is 2.37. The highest BCUT2D eigenvalue weighted by atomic mass is 35.5. The molecule has 0 saturated carbocycles. The van der Waals surface area contributed by atoms with Crippen molar-refractivity contribution < 1.29 is 22.7 Å². The Morgan fingerprint density at radius 3 is 2.57 bits per heavy atom. The van der Waals surface area contributed by atoms with E-state index < -0.39 is 28.5 Å². The monoisotopic (exact) mass is 486 g/mol. The third kappa shape index (κ3) is 4.76. The number of nitrogens with zero attached hydrogens (tertiary/aromatic N) is 1. The van der Waals surface area contributed by atoms with Crippen LogP contribution in [0.5, 0.6) is 0 Å². The normalized spacial score (nSPS) is 11.6. The first kappa shape index (κ1) is 22.5. The average molecular weight is 487 g/mol. The lowest BCUT2D eigenvalue weighted by Gasteiger charge is -2.12. The van der Waals surface area contributed by atoms with Gasteiger partial charge < -0.3 is 10.1 Å². The number of hydrogen-bond donors (Lipinski definition) is 1. The minimum absolute atomic E-state index is 0.0259. The first-order valence-corrected chi connectivity index (χ1v) is 11.5. The Morgan fingerprint density at radius 2 is 1.87 bits per heavy atom. The molecule has 0 fully saturated rings. The third-order valence-electron chi connectivity index (χ3n) is 4.01. The quantitative estimate of drug-likeness (QED) is 0.525. The molecule has 1 N–H and O–H groups in total. The van der Waals surface area contributed by atoms with Gasteiger partial charge in [0.2, 0.25) is 10.0 Å². The second kappa shape index (κ2) is 8.91. The van der Waals surface area contributed by atoms with E-state index >= 15 is 0 Å². The Labute approximate surface area is 187 Å². The van der Waals surface area contributed by atoms with E-state index in [0.29, 0.717) is 10.4 Å². The zero-order chi connectivity index (χ0) is 22.1. The van der Waals surface area contributed by atoms with Crippen LogP contribution in [0.4, 0.5) is 5.69 Å². The standard InChI is InChI=1S/C19H16Cl2N2O5S2/c1-23(2)30(26,27)13-5-3-4-12(9-13)22-16(24)10-28-19(25)18-17(21)14-7-6-11(20)8-15(14)29-18/h3-9H,10H2,1-2H3,(H,22,24). The Hall–Kier alpha value is -2.17. The fourth-order valence-corrected chi connectivity index (χ4v) is 5.14. The summed E-state index contributed by atoms with van der Waals surface area (Å²) in [6.07, 6.45) is 0. The minimum atomic E-state index is -3.64. The van der Waals surface area contributed by atoms with Crippen LogP contribution in [0.1, 0.15) is 9.67 Å². The van der Waals surface area contributed by atoms with E-state index in [1.54, 1.807) is 18.2 Å². The molecule has 30 heavy (non-hydrogen) atoms. The molecular formula is C19H16Cl2N2O5S2. The summed E-state index contributed by atoms with van der Waals surface area (Å²) in [4.78, 5) is 24.7. The molecule has 7 nitrogen and oxygen atoms in total. The molecule has 1 amide bonds. The van der Waals surface area contributed by atoms with E-state index in [4.69, 9.17) is 27.9 Å². The summed E-state index contributed by atoms with van der Waals surface area (Å²) in [5, 5.41) is 3.92. The SMILES string of the molecule is CN(C)S(=O)(=O)c1cccc(NC(=O)COC(=O)c2sc3cc(Cl)ccc3c2Cl)c1. The second-order valence-corrected chi connectivity index (χ2v) is 10.3. The van der Waals surface area contributed by atoms with E-state index in [2.05, 4.69) is 5.32 Å². The molecule has 0 bridgehead atoms. The third-order valence-corrected chi connectivity index (χ3v) is 7.69. The summed E-state index contributed by atoms with van der Waals surface area (Å²) in [5.41, 5.74) is 0.258. The maximum atomic E-state index is 12.3. The molecule has 0 aliphatic carbocycles. The van der Waals surface area contributed by atoms with Gasteiger partial charge in [-0.2, -0.15) is 0 Å².